The Hall–Kier alpha value is -3.60. The van der Waals surface area contributed by atoms with Gasteiger partial charge in [-0.05, 0) is 24.3 Å². The first kappa shape index (κ1) is 19.7. The number of fused-ring (bicyclic) bond motifs is 1. The maximum Gasteiger partial charge on any atom is 0.311 e. The third kappa shape index (κ3) is 3.54. The fourth-order valence-electron chi connectivity index (χ4n) is 3.00. The molecule has 0 aliphatic carbocycles. The van der Waals surface area contributed by atoms with E-state index in [0.29, 0.717) is 39.5 Å². The van der Waals surface area contributed by atoms with E-state index in [1.165, 1.54) is 24.9 Å². The highest BCUT2D eigenvalue weighted by atomic mass is 32.2. The number of rotatable bonds is 6. The second-order valence-electron chi connectivity index (χ2n) is 6.20. The Morgan fingerprint density at radius 2 is 1.73 bits per heavy atom. The van der Waals surface area contributed by atoms with Crippen molar-refractivity contribution in [1.82, 2.24) is 14.9 Å². The van der Waals surface area contributed by atoms with Crippen molar-refractivity contribution >= 4 is 23.2 Å². The van der Waals surface area contributed by atoms with Gasteiger partial charge in [-0.1, -0.05) is 11.8 Å². The van der Waals surface area contributed by atoms with Gasteiger partial charge in [0.2, 0.25) is 5.16 Å². The molecule has 0 fully saturated rings. The summed E-state index contributed by atoms with van der Waals surface area (Å²) in [5.41, 5.74) is 1.89. The number of aromatic nitrogens is 3. The smallest absolute Gasteiger partial charge is 0.311 e. The van der Waals surface area contributed by atoms with Crippen LogP contribution in [0, 0.1) is 10.1 Å². The van der Waals surface area contributed by atoms with Crippen molar-refractivity contribution in [2.45, 2.75) is 5.16 Å². The number of hydrogen-bond donors (Lipinski definition) is 0. The summed E-state index contributed by atoms with van der Waals surface area (Å²) in [4.78, 5) is 10.9. The second-order valence-corrected chi connectivity index (χ2v) is 7.14. The van der Waals surface area contributed by atoms with Gasteiger partial charge in [0, 0.05) is 29.0 Å². The number of benzene rings is 2. The number of thioether (sulfide) groups is 1. The molecule has 0 unspecified atom stereocenters. The van der Waals surface area contributed by atoms with E-state index < -0.39 is 4.92 Å². The van der Waals surface area contributed by atoms with E-state index in [1.54, 1.807) is 37.1 Å². The van der Waals surface area contributed by atoms with Crippen LogP contribution in [-0.2, 0) is 0 Å². The van der Waals surface area contributed by atoms with E-state index in [9.17, 15) is 10.1 Å². The minimum absolute atomic E-state index is 0.116. The van der Waals surface area contributed by atoms with Crippen LogP contribution in [0.1, 0.15) is 5.56 Å². The molecule has 1 aliphatic rings. The normalized spacial score (nSPS) is 12.7. The predicted molar refractivity (Wildman–Crippen MR) is 111 cm³/mol. The van der Waals surface area contributed by atoms with E-state index in [1.807, 2.05) is 12.1 Å². The molecule has 0 radical (unpaired) electrons. The lowest BCUT2D eigenvalue weighted by molar-refractivity contribution is -0.385. The second kappa shape index (κ2) is 8.03. The van der Waals surface area contributed by atoms with Gasteiger partial charge in [-0.3, -0.25) is 10.1 Å². The van der Waals surface area contributed by atoms with Gasteiger partial charge in [0.1, 0.15) is 11.5 Å². The summed E-state index contributed by atoms with van der Waals surface area (Å²) in [7, 11) is 4.54. The van der Waals surface area contributed by atoms with Crippen LogP contribution in [0.15, 0.2) is 46.7 Å². The van der Waals surface area contributed by atoms with Crippen molar-refractivity contribution in [3.63, 3.8) is 0 Å². The van der Waals surface area contributed by atoms with E-state index in [-0.39, 0.29) is 11.4 Å². The molecule has 2 aromatic carbocycles. The Morgan fingerprint density at radius 3 is 2.37 bits per heavy atom. The molecule has 0 amide bonds. The zero-order chi connectivity index (χ0) is 21.3. The highest BCUT2D eigenvalue weighted by Crippen LogP contribution is 2.34. The van der Waals surface area contributed by atoms with Crippen LogP contribution >= 0.6 is 11.8 Å². The number of ether oxygens (including phenoxy) is 3. The maximum atomic E-state index is 11.4. The molecule has 3 aromatic rings. The van der Waals surface area contributed by atoms with Gasteiger partial charge in [0.05, 0.1) is 32.0 Å². The molecular weight excluding hydrogens is 410 g/mol. The van der Waals surface area contributed by atoms with Crippen LogP contribution in [-0.4, -0.2) is 52.6 Å². The van der Waals surface area contributed by atoms with Gasteiger partial charge in [-0.25, -0.2) is 0 Å². The number of nitrogens with zero attached hydrogens (tertiary/aromatic N) is 5. The highest BCUT2D eigenvalue weighted by Gasteiger charge is 2.24. The third-order valence-corrected chi connectivity index (χ3v) is 5.42. The van der Waals surface area contributed by atoms with Crippen LogP contribution in [0.25, 0.3) is 11.4 Å². The summed E-state index contributed by atoms with van der Waals surface area (Å²) in [6.07, 6.45) is 0. The van der Waals surface area contributed by atoms with Crippen LogP contribution in [0.5, 0.6) is 17.2 Å². The first-order valence-corrected chi connectivity index (χ1v) is 9.75. The first-order chi connectivity index (χ1) is 14.5. The molecule has 0 saturated carbocycles. The largest absolute Gasteiger partial charge is 0.497 e. The van der Waals surface area contributed by atoms with Crippen LogP contribution in [0.4, 0.5) is 5.69 Å². The number of nitro benzene ring substituents is 1. The molecule has 0 spiro atoms. The Morgan fingerprint density at radius 1 is 1.00 bits per heavy atom. The zero-order valence-corrected chi connectivity index (χ0v) is 17.2. The average Bonchev–Trinajstić information content (AvgIpc) is 3.21. The predicted octanol–water partition coefficient (Wildman–Crippen LogP) is 3.24. The molecule has 30 heavy (non-hydrogen) atoms. The molecule has 1 aliphatic heterocycles. The Bertz CT molecular complexity index is 1140. The minimum Gasteiger partial charge on any atom is -0.497 e. The lowest BCUT2D eigenvalue weighted by Crippen LogP contribution is -2.14. The fourth-order valence-corrected chi connectivity index (χ4v) is 3.84. The molecule has 0 atom stereocenters. The quantitative estimate of drug-likeness (QED) is 0.435. The minimum atomic E-state index is -0.475. The molecule has 154 valence electrons. The molecule has 11 heteroatoms. The lowest BCUT2D eigenvalue weighted by Gasteiger charge is -2.15. The molecular formula is C19H17N5O5S. The Labute approximate surface area is 175 Å². The fraction of sp³-hybridized carbons (Fsp3) is 0.211. The molecule has 1 aromatic heterocycles. The van der Waals surface area contributed by atoms with Gasteiger partial charge in [-0.2, -0.15) is 9.78 Å². The van der Waals surface area contributed by atoms with Crippen molar-refractivity contribution in [2.24, 2.45) is 5.10 Å². The Kier molecular flexibility index (Phi) is 5.27. The number of methoxy groups -OCH3 is 3. The summed E-state index contributed by atoms with van der Waals surface area (Å²) >= 11 is 1.45. The van der Waals surface area contributed by atoms with Crippen molar-refractivity contribution in [2.75, 3.05) is 27.1 Å². The lowest BCUT2D eigenvalue weighted by atomic mass is 10.1. The summed E-state index contributed by atoms with van der Waals surface area (Å²) in [5.74, 6) is 2.43. The van der Waals surface area contributed by atoms with Crippen molar-refractivity contribution in [3.8, 4) is 28.6 Å². The first-order valence-electron chi connectivity index (χ1n) is 8.76. The van der Waals surface area contributed by atoms with Gasteiger partial charge in [-0.15, -0.1) is 10.2 Å². The molecule has 2 heterocycles. The maximum absolute atomic E-state index is 11.4. The van der Waals surface area contributed by atoms with E-state index in [4.69, 9.17) is 14.2 Å². The van der Waals surface area contributed by atoms with Crippen molar-refractivity contribution < 1.29 is 19.1 Å². The molecule has 0 bridgehead atoms. The van der Waals surface area contributed by atoms with Crippen molar-refractivity contribution in [3.05, 3.63) is 52.1 Å². The highest BCUT2D eigenvalue weighted by molar-refractivity contribution is 7.99. The third-order valence-electron chi connectivity index (χ3n) is 4.49. The van der Waals surface area contributed by atoms with Gasteiger partial charge in [0.25, 0.3) is 0 Å². The number of hydrogen-bond acceptors (Lipinski definition) is 9. The van der Waals surface area contributed by atoms with Crippen LogP contribution in [0.3, 0.4) is 0 Å². The van der Waals surface area contributed by atoms with Gasteiger partial charge < -0.3 is 14.2 Å². The van der Waals surface area contributed by atoms with Crippen molar-refractivity contribution in [1.29, 1.82) is 0 Å². The number of nitro groups is 1. The average molecular weight is 427 g/mol. The van der Waals surface area contributed by atoms with E-state index in [0.717, 1.165) is 5.56 Å². The standard InChI is InChI=1S/C19H17N5O5S/c1-27-13-6-12(7-14(9-13)28-2)18-20-21-19-23(18)22-15(10-30-19)11-4-5-17(29-3)16(8-11)24(25)26/h4-9H,10H2,1-3H3. The summed E-state index contributed by atoms with van der Waals surface area (Å²) in [6.45, 7) is 0. The molecule has 10 nitrogen and oxygen atoms in total. The summed E-state index contributed by atoms with van der Waals surface area (Å²) < 4.78 is 17.4. The summed E-state index contributed by atoms with van der Waals surface area (Å²) in [5, 5.41) is 25.1. The van der Waals surface area contributed by atoms with Gasteiger partial charge in [0.15, 0.2) is 11.6 Å². The summed E-state index contributed by atoms with van der Waals surface area (Å²) in [6, 6.07) is 10.2. The Balaban J connectivity index is 1.79. The van der Waals surface area contributed by atoms with E-state index in [2.05, 4.69) is 15.3 Å². The molecule has 4 rings (SSSR count). The SMILES string of the molecule is COc1cc(OC)cc(-c2nnc3n2N=C(c2ccc(OC)c([N+](=O)[O-])c2)CS3)c1. The molecule has 0 saturated heterocycles. The van der Waals surface area contributed by atoms with E-state index >= 15 is 0 Å². The topological polar surface area (TPSA) is 114 Å². The monoisotopic (exact) mass is 427 g/mol. The van der Waals surface area contributed by atoms with Crippen LogP contribution in [0.2, 0.25) is 0 Å². The zero-order valence-electron chi connectivity index (χ0n) is 16.4. The van der Waals surface area contributed by atoms with Crippen LogP contribution < -0.4 is 14.2 Å². The molecule has 0 N–H and O–H groups in total. The van der Waals surface area contributed by atoms with Gasteiger partial charge >= 0.3 is 5.69 Å².